The first-order valence-corrected chi connectivity index (χ1v) is 36.4. The molecule has 0 saturated carbocycles. The number of phosphoric ester groups is 1. The van der Waals surface area contributed by atoms with Crippen molar-refractivity contribution in [2.45, 2.75) is 334 Å². The highest BCUT2D eigenvalue weighted by atomic mass is 31.2. The van der Waals surface area contributed by atoms with Gasteiger partial charge in [-0.1, -0.05) is 330 Å². The Labute approximate surface area is 509 Å². The first-order chi connectivity index (χ1) is 40.0. The third-order valence-electron chi connectivity index (χ3n) is 15.6. The van der Waals surface area contributed by atoms with Crippen LogP contribution in [0.4, 0.5) is 0 Å². The average Bonchev–Trinajstić information content (AvgIpc) is 3.47. The first kappa shape index (κ1) is 79.7. The van der Waals surface area contributed by atoms with E-state index in [9.17, 15) is 19.4 Å². The van der Waals surface area contributed by atoms with Crippen molar-refractivity contribution in [1.82, 2.24) is 5.32 Å². The highest BCUT2D eigenvalue weighted by molar-refractivity contribution is 7.45. The molecule has 2 N–H and O–H groups in total. The second-order valence-corrected chi connectivity index (χ2v) is 26.3. The minimum atomic E-state index is -4.61. The Morgan fingerprint density at radius 1 is 0.439 bits per heavy atom. The number of allylic oxidation sites excluding steroid dienone is 13. The summed E-state index contributed by atoms with van der Waals surface area (Å²) in [4.78, 5) is 25.6. The van der Waals surface area contributed by atoms with Gasteiger partial charge in [-0.05, 0) is 70.6 Å². The molecule has 9 heteroatoms. The lowest BCUT2D eigenvalue weighted by Crippen LogP contribution is -2.45. The fraction of sp³-hybridized carbons (Fsp3) is 0.795. The topological polar surface area (TPSA) is 108 Å². The maximum atomic E-state index is 13.0. The van der Waals surface area contributed by atoms with Crippen LogP contribution in [0.25, 0.3) is 0 Å². The first-order valence-electron chi connectivity index (χ1n) is 34.9. The Kier molecular flexibility index (Phi) is 61.4. The van der Waals surface area contributed by atoms with Crippen molar-refractivity contribution in [2.24, 2.45) is 0 Å². The highest BCUT2D eigenvalue weighted by Gasteiger charge is 2.23. The molecule has 0 aromatic rings. The van der Waals surface area contributed by atoms with Gasteiger partial charge in [0.05, 0.1) is 39.9 Å². The third-order valence-corrected chi connectivity index (χ3v) is 16.6. The molecule has 0 fully saturated rings. The van der Waals surface area contributed by atoms with E-state index in [0.717, 1.165) is 77.0 Å². The molecule has 0 bridgehead atoms. The SMILES string of the molecule is CC/C=C\C/C=C\C/C=C\C/C=C\C/C=C\C/C=C\CCCCCCCCCCCCCCCCCCCCC(=O)NC(COP(=O)([O-])OCC[N+](C)(C)C)C(O)/C=C/CCCCCCCCCCCCCCCCCCCCCCC. The summed E-state index contributed by atoms with van der Waals surface area (Å²) in [6.07, 6.45) is 89.8. The number of carbonyl (C=O) groups is 1. The van der Waals surface area contributed by atoms with Crippen molar-refractivity contribution in [3.8, 4) is 0 Å². The molecular formula is C73H135N2O6P. The number of phosphoric acid groups is 1. The predicted molar refractivity (Wildman–Crippen MR) is 357 cm³/mol. The van der Waals surface area contributed by atoms with Gasteiger partial charge in [-0.2, -0.15) is 0 Å². The number of likely N-dealkylation sites (N-methyl/N-ethyl adjacent to an activating group) is 1. The highest BCUT2D eigenvalue weighted by Crippen LogP contribution is 2.38. The fourth-order valence-electron chi connectivity index (χ4n) is 10.2. The van der Waals surface area contributed by atoms with Crippen LogP contribution >= 0.6 is 7.82 Å². The molecule has 0 aliphatic rings. The Morgan fingerprint density at radius 3 is 1.09 bits per heavy atom. The number of hydrogen-bond donors (Lipinski definition) is 2. The zero-order chi connectivity index (χ0) is 59.8. The number of unbranched alkanes of at least 4 members (excludes halogenated alkanes) is 39. The lowest BCUT2D eigenvalue weighted by molar-refractivity contribution is -0.870. The zero-order valence-electron chi connectivity index (χ0n) is 54.7. The van der Waals surface area contributed by atoms with Gasteiger partial charge in [-0.15, -0.1) is 0 Å². The lowest BCUT2D eigenvalue weighted by atomic mass is 10.0. The van der Waals surface area contributed by atoms with Gasteiger partial charge >= 0.3 is 0 Å². The average molecular weight is 1170 g/mol. The van der Waals surface area contributed by atoms with Crippen LogP contribution < -0.4 is 10.2 Å². The largest absolute Gasteiger partial charge is 0.756 e. The Bertz CT molecular complexity index is 1610. The summed E-state index contributed by atoms with van der Waals surface area (Å²) in [5.41, 5.74) is 0. The van der Waals surface area contributed by atoms with E-state index in [1.807, 2.05) is 27.2 Å². The molecule has 0 aliphatic carbocycles. The van der Waals surface area contributed by atoms with E-state index in [2.05, 4.69) is 92.1 Å². The number of hydrogen-bond acceptors (Lipinski definition) is 6. The third kappa shape index (κ3) is 65.2. The molecule has 1 amide bonds. The van der Waals surface area contributed by atoms with Crippen LogP contribution in [0.1, 0.15) is 322 Å². The lowest BCUT2D eigenvalue weighted by Gasteiger charge is -2.29. The van der Waals surface area contributed by atoms with Crippen molar-refractivity contribution < 1.29 is 32.9 Å². The van der Waals surface area contributed by atoms with E-state index in [-0.39, 0.29) is 19.1 Å². The van der Waals surface area contributed by atoms with E-state index in [1.54, 1.807) is 6.08 Å². The molecule has 0 heterocycles. The smallest absolute Gasteiger partial charge is 0.268 e. The molecule has 0 aromatic heterocycles. The maximum absolute atomic E-state index is 13.0. The molecule has 0 spiro atoms. The molecule has 0 saturated heterocycles. The molecule has 0 radical (unpaired) electrons. The van der Waals surface area contributed by atoms with Gasteiger partial charge in [-0.25, -0.2) is 0 Å². The van der Waals surface area contributed by atoms with Gasteiger partial charge in [0, 0.05) is 6.42 Å². The van der Waals surface area contributed by atoms with Crippen molar-refractivity contribution in [1.29, 1.82) is 0 Å². The van der Waals surface area contributed by atoms with Crippen molar-refractivity contribution in [3.05, 3.63) is 85.1 Å². The summed E-state index contributed by atoms with van der Waals surface area (Å²) in [6.45, 7) is 4.57. The van der Waals surface area contributed by atoms with Gasteiger partial charge in [0.15, 0.2) is 0 Å². The summed E-state index contributed by atoms with van der Waals surface area (Å²) in [5.74, 6) is -0.194. The number of nitrogens with zero attached hydrogens (tertiary/aromatic N) is 1. The van der Waals surface area contributed by atoms with Gasteiger partial charge in [0.1, 0.15) is 13.2 Å². The van der Waals surface area contributed by atoms with E-state index in [4.69, 9.17) is 9.05 Å². The van der Waals surface area contributed by atoms with Crippen molar-refractivity contribution >= 4 is 13.7 Å². The molecule has 82 heavy (non-hydrogen) atoms. The molecule has 0 aromatic carbocycles. The Morgan fingerprint density at radius 2 is 0.744 bits per heavy atom. The Hall–Kier alpha value is -2.32. The van der Waals surface area contributed by atoms with Gasteiger partial charge in [-0.3, -0.25) is 9.36 Å². The molecule has 478 valence electrons. The summed E-state index contributed by atoms with van der Waals surface area (Å²) in [6, 6.07) is -0.890. The minimum Gasteiger partial charge on any atom is -0.756 e. The molecule has 0 aliphatic heterocycles. The van der Waals surface area contributed by atoms with E-state index in [0.29, 0.717) is 17.4 Å². The van der Waals surface area contributed by atoms with Crippen molar-refractivity contribution in [3.63, 3.8) is 0 Å². The normalized spacial score (nSPS) is 14.2. The number of rotatable bonds is 64. The molecule has 8 nitrogen and oxygen atoms in total. The minimum absolute atomic E-state index is 0.00164. The second-order valence-electron chi connectivity index (χ2n) is 24.9. The summed E-state index contributed by atoms with van der Waals surface area (Å²) < 4.78 is 23.5. The van der Waals surface area contributed by atoms with E-state index in [1.165, 1.54) is 225 Å². The monoisotopic (exact) mass is 1170 g/mol. The van der Waals surface area contributed by atoms with Crippen LogP contribution in [0.5, 0.6) is 0 Å². The van der Waals surface area contributed by atoms with E-state index >= 15 is 0 Å². The number of aliphatic hydroxyl groups is 1. The van der Waals surface area contributed by atoms with Crippen LogP contribution in [0.3, 0.4) is 0 Å². The number of amides is 1. The summed E-state index contributed by atoms with van der Waals surface area (Å²) in [7, 11) is 1.27. The number of quaternary nitrogens is 1. The quantitative estimate of drug-likeness (QED) is 0.0272. The number of aliphatic hydroxyl groups excluding tert-OH is 1. The van der Waals surface area contributed by atoms with Crippen LogP contribution in [0.2, 0.25) is 0 Å². The zero-order valence-corrected chi connectivity index (χ0v) is 55.6. The van der Waals surface area contributed by atoms with Crippen molar-refractivity contribution in [2.75, 3.05) is 40.9 Å². The number of carbonyl (C=O) groups excluding carboxylic acids is 1. The maximum Gasteiger partial charge on any atom is 0.268 e. The van der Waals surface area contributed by atoms with Gasteiger partial charge in [0.2, 0.25) is 5.91 Å². The van der Waals surface area contributed by atoms with Gasteiger partial charge < -0.3 is 28.8 Å². The van der Waals surface area contributed by atoms with E-state index < -0.39 is 20.0 Å². The summed E-state index contributed by atoms with van der Waals surface area (Å²) in [5, 5.41) is 14.0. The fourth-order valence-corrected chi connectivity index (χ4v) is 10.9. The van der Waals surface area contributed by atoms with Crippen LogP contribution in [-0.2, 0) is 18.4 Å². The molecule has 0 rings (SSSR count). The predicted octanol–water partition coefficient (Wildman–Crippen LogP) is 21.7. The molecular weight excluding hydrogens is 1030 g/mol. The van der Waals surface area contributed by atoms with Crippen LogP contribution in [0, 0.1) is 0 Å². The van der Waals surface area contributed by atoms with Crippen LogP contribution in [0.15, 0.2) is 85.1 Å². The summed E-state index contributed by atoms with van der Waals surface area (Å²) >= 11 is 0. The standard InChI is InChI=1S/C73H135N2O6P/c1-6-8-10-12-14-16-18-20-22-24-26-28-30-31-32-33-34-35-36-37-38-39-40-41-42-43-45-47-49-51-53-55-57-59-61-63-65-67-73(77)74-71(70-81-82(78,79)80-69-68-75(3,4)5)72(76)66-64-62-60-58-56-54-52-50-48-46-44-29-27-25-23-21-19-17-15-13-11-9-7-2/h8,10,14,16,20,22,26,28,31-32,34-35,64,66,71-72,76H,6-7,9,11-13,15,17-19,21,23-25,27,29-30,33,36-63,65,67-70H2,1-5H3,(H-,74,77,78,79)/b10-8-,16-14-,22-20-,28-26-,32-31-,35-34-,66-64+. The molecule has 3 unspecified atom stereocenters. The van der Waals surface area contributed by atoms with Gasteiger partial charge in [0.25, 0.3) is 7.82 Å². The molecule has 3 atom stereocenters. The van der Waals surface area contributed by atoms with Crippen LogP contribution in [-0.4, -0.2) is 68.5 Å². The second kappa shape index (κ2) is 63.2. The number of nitrogens with one attached hydrogen (secondary N) is 1. The Balaban J connectivity index is 4.03.